The molecule has 1 rings (SSSR count). The molecule has 1 heterocycles. The van der Waals surface area contributed by atoms with Crippen molar-refractivity contribution in [3.8, 4) is 6.07 Å². The number of hydrogen-bond donors (Lipinski definition) is 0. The van der Waals surface area contributed by atoms with Gasteiger partial charge in [0.1, 0.15) is 0 Å². The van der Waals surface area contributed by atoms with E-state index >= 15 is 0 Å². The van der Waals surface area contributed by atoms with Crippen LogP contribution in [0.25, 0.3) is 0 Å². The van der Waals surface area contributed by atoms with E-state index in [1.165, 1.54) is 12.8 Å². The average Bonchev–Trinajstić information content (AvgIpc) is 2.40. The van der Waals surface area contributed by atoms with Crippen LogP contribution in [0.4, 0.5) is 0 Å². The number of rotatable bonds is 3. The van der Waals surface area contributed by atoms with E-state index in [4.69, 9.17) is 5.26 Å². The largest absolute Gasteiger partial charge is 0.297 e. The van der Waals surface area contributed by atoms with Crippen LogP contribution in [-0.4, -0.2) is 23.5 Å². The first kappa shape index (κ1) is 11.5. The van der Waals surface area contributed by atoms with E-state index in [2.05, 4.69) is 38.7 Å². The lowest BCUT2D eigenvalue weighted by molar-refractivity contribution is 0.148. The SMILES string of the molecule is CC(C)C(C#N)CN1CCCC1(C)C. The Morgan fingerprint density at radius 2 is 2.07 bits per heavy atom. The van der Waals surface area contributed by atoms with Crippen LogP contribution in [-0.2, 0) is 0 Å². The monoisotopic (exact) mass is 194 g/mol. The lowest BCUT2D eigenvalue weighted by Crippen LogP contribution is -2.41. The minimum absolute atomic E-state index is 0.187. The summed E-state index contributed by atoms with van der Waals surface area (Å²) in [4.78, 5) is 2.47. The summed E-state index contributed by atoms with van der Waals surface area (Å²) in [7, 11) is 0. The number of nitrogens with zero attached hydrogens (tertiary/aromatic N) is 2. The summed E-state index contributed by atoms with van der Waals surface area (Å²) in [5, 5.41) is 9.05. The summed E-state index contributed by atoms with van der Waals surface area (Å²) in [5.74, 6) is 0.656. The molecule has 0 radical (unpaired) electrons. The Morgan fingerprint density at radius 3 is 2.43 bits per heavy atom. The van der Waals surface area contributed by atoms with E-state index in [1.807, 2.05) is 0 Å². The Bertz CT molecular complexity index is 225. The molecule has 1 aliphatic heterocycles. The third kappa shape index (κ3) is 2.48. The minimum Gasteiger partial charge on any atom is -0.297 e. The van der Waals surface area contributed by atoms with Gasteiger partial charge in [0, 0.05) is 12.1 Å². The highest BCUT2D eigenvalue weighted by Gasteiger charge is 2.33. The van der Waals surface area contributed by atoms with Crippen molar-refractivity contribution in [2.75, 3.05) is 13.1 Å². The molecule has 0 aromatic carbocycles. The van der Waals surface area contributed by atoms with Crippen LogP contribution in [0.2, 0.25) is 0 Å². The second-order valence-electron chi connectivity index (χ2n) is 5.34. The molecule has 0 aromatic rings. The second kappa shape index (κ2) is 4.31. The molecule has 1 fully saturated rings. The smallest absolute Gasteiger partial charge is 0.0672 e. The maximum atomic E-state index is 9.05. The van der Waals surface area contributed by atoms with Crippen LogP contribution in [0.5, 0.6) is 0 Å². The Balaban J connectivity index is 2.55. The van der Waals surface area contributed by atoms with Crippen molar-refractivity contribution in [2.45, 2.75) is 46.1 Å². The van der Waals surface area contributed by atoms with Gasteiger partial charge in [-0.15, -0.1) is 0 Å². The third-order valence-corrected chi connectivity index (χ3v) is 3.46. The number of nitriles is 1. The van der Waals surface area contributed by atoms with Crippen molar-refractivity contribution in [3.05, 3.63) is 0 Å². The highest BCUT2D eigenvalue weighted by Crippen LogP contribution is 2.29. The van der Waals surface area contributed by atoms with Crippen LogP contribution in [0.3, 0.4) is 0 Å². The lowest BCUT2D eigenvalue weighted by atomic mass is 9.94. The molecule has 0 spiro atoms. The standard InChI is InChI=1S/C12H22N2/c1-10(2)11(8-13)9-14-7-5-6-12(14,3)4/h10-11H,5-7,9H2,1-4H3. The highest BCUT2D eigenvalue weighted by molar-refractivity contribution is 4.94. The fourth-order valence-corrected chi connectivity index (χ4v) is 2.14. The zero-order valence-electron chi connectivity index (χ0n) is 9.88. The topological polar surface area (TPSA) is 27.0 Å². The van der Waals surface area contributed by atoms with E-state index in [9.17, 15) is 0 Å². The molecule has 0 amide bonds. The highest BCUT2D eigenvalue weighted by atomic mass is 15.2. The summed E-state index contributed by atoms with van der Waals surface area (Å²) in [5.41, 5.74) is 0.310. The van der Waals surface area contributed by atoms with Crippen LogP contribution in [0.15, 0.2) is 0 Å². The van der Waals surface area contributed by atoms with Crippen LogP contribution in [0, 0.1) is 23.2 Å². The van der Waals surface area contributed by atoms with Gasteiger partial charge in [-0.1, -0.05) is 13.8 Å². The molecule has 80 valence electrons. The zero-order valence-corrected chi connectivity index (χ0v) is 9.88. The Labute approximate surface area is 87.9 Å². The fourth-order valence-electron chi connectivity index (χ4n) is 2.14. The van der Waals surface area contributed by atoms with Gasteiger partial charge in [-0.25, -0.2) is 0 Å². The molecule has 1 unspecified atom stereocenters. The van der Waals surface area contributed by atoms with Crippen LogP contribution >= 0.6 is 0 Å². The molecular formula is C12H22N2. The Hall–Kier alpha value is -0.550. The summed E-state index contributed by atoms with van der Waals surface area (Å²) >= 11 is 0. The minimum atomic E-state index is 0.187. The van der Waals surface area contributed by atoms with E-state index in [-0.39, 0.29) is 5.92 Å². The molecule has 1 saturated heterocycles. The molecular weight excluding hydrogens is 172 g/mol. The third-order valence-electron chi connectivity index (χ3n) is 3.46. The first-order valence-electron chi connectivity index (χ1n) is 5.62. The molecule has 0 aliphatic carbocycles. The van der Waals surface area contributed by atoms with Crippen LogP contribution in [0.1, 0.15) is 40.5 Å². The van der Waals surface area contributed by atoms with E-state index in [0.29, 0.717) is 11.5 Å². The second-order valence-corrected chi connectivity index (χ2v) is 5.34. The van der Waals surface area contributed by atoms with Gasteiger partial charge in [-0.3, -0.25) is 4.90 Å². The summed E-state index contributed by atoms with van der Waals surface area (Å²) < 4.78 is 0. The molecule has 2 nitrogen and oxygen atoms in total. The van der Waals surface area contributed by atoms with Crippen LogP contribution < -0.4 is 0 Å². The molecule has 2 heteroatoms. The molecule has 0 saturated carbocycles. The molecule has 0 N–H and O–H groups in total. The molecule has 0 aromatic heterocycles. The summed E-state index contributed by atoms with van der Waals surface area (Å²) in [6.07, 6.45) is 2.55. The average molecular weight is 194 g/mol. The Morgan fingerprint density at radius 1 is 1.43 bits per heavy atom. The van der Waals surface area contributed by atoms with Gasteiger partial charge in [0.15, 0.2) is 0 Å². The predicted octanol–water partition coefficient (Wildman–Crippen LogP) is 2.66. The van der Waals surface area contributed by atoms with Gasteiger partial charge in [0.05, 0.1) is 12.0 Å². The van der Waals surface area contributed by atoms with E-state index in [1.54, 1.807) is 0 Å². The Kier molecular flexibility index (Phi) is 3.55. The van der Waals surface area contributed by atoms with Crippen molar-refractivity contribution in [3.63, 3.8) is 0 Å². The van der Waals surface area contributed by atoms with Crippen molar-refractivity contribution in [1.82, 2.24) is 4.90 Å². The number of hydrogen-bond acceptors (Lipinski definition) is 2. The maximum absolute atomic E-state index is 9.05. The van der Waals surface area contributed by atoms with Gasteiger partial charge in [-0.05, 0) is 39.2 Å². The summed E-state index contributed by atoms with van der Waals surface area (Å²) in [6, 6.07) is 2.42. The molecule has 1 aliphatic rings. The van der Waals surface area contributed by atoms with Crippen molar-refractivity contribution >= 4 is 0 Å². The normalized spacial score (nSPS) is 23.7. The first-order valence-corrected chi connectivity index (χ1v) is 5.62. The molecule has 0 bridgehead atoms. The molecule has 1 atom stereocenters. The summed E-state index contributed by atoms with van der Waals surface area (Å²) in [6.45, 7) is 11.0. The molecule has 14 heavy (non-hydrogen) atoms. The first-order chi connectivity index (χ1) is 6.47. The number of likely N-dealkylation sites (tertiary alicyclic amines) is 1. The fraction of sp³-hybridized carbons (Fsp3) is 0.917. The lowest BCUT2D eigenvalue weighted by Gasteiger charge is -2.33. The van der Waals surface area contributed by atoms with Gasteiger partial charge < -0.3 is 0 Å². The quantitative estimate of drug-likeness (QED) is 0.690. The van der Waals surface area contributed by atoms with Crippen molar-refractivity contribution < 1.29 is 0 Å². The van der Waals surface area contributed by atoms with Crippen molar-refractivity contribution in [1.29, 1.82) is 5.26 Å². The maximum Gasteiger partial charge on any atom is 0.0672 e. The van der Waals surface area contributed by atoms with Gasteiger partial charge >= 0.3 is 0 Å². The van der Waals surface area contributed by atoms with E-state index in [0.717, 1.165) is 13.1 Å². The predicted molar refractivity (Wildman–Crippen MR) is 58.8 cm³/mol. The van der Waals surface area contributed by atoms with Crippen molar-refractivity contribution in [2.24, 2.45) is 11.8 Å². The van der Waals surface area contributed by atoms with Gasteiger partial charge in [0.25, 0.3) is 0 Å². The zero-order chi connectivity index (χ0) is 10.8. The van der Waals surface area contributed by atoms with Gasteiger partial charge in [0.2, 0.25) is 0 Å². The van der Waals surface area contributed by atoms with Gasteiger partial charge in [-0.2, -0.15) is 5.26 Å². The van der Waals surface area contributed by atoms with E-state index < -0.39 is 0 Å².